The average molecular weight is 296 g/mol. The van der Waals surface area contributed by atoms with Gasteiger partial charge in [-0.05, 0) is 30.0 Å². The molecule has 1 rings (SSSR count). The molecule has 0 bridgehead atoms. The van der Waals surface area contributed by atoms with Crippen molar-refractivity contribution < 1.29 is 14.7 Å². The Morgan fingerprint density at radius 3 is 2.55 bits per heavy atom. The van der Waals surface area contributed by atoms with Crippen LogP contribution >= 0.6 is 11.6 Å². The summed E-state index contributed by atoms with van der Waals surface area (Å²) in [5.41, 5.74) is 0.708. The second-order valence-corrected chi connectivity index (χ2v) is 5.29. The first-order chi connectivity index (χ1) is 9.40. The molecule has 0 radical (unpaired) electrons. The van der Waals surface area contributed by atoms with Crippen LogP contribution in [0, 0.1) is 5.92 Å². The van der Waals surface area contributed by atoms with Gasteiger partial charge in [-0.3, -0.25) is 4.79 Å². The lowest BCUT2D eigenvalue weighted by molar-refractivity contribution is -0.141. The van der Waals surface area contributed by atoms with E-state index in [2.05, 4.69) is 5.32 Å². The molecule has 0 unspecified atom stereocenters. The van der Waals surface area contributed by atoms with Crippen molar-refractivity contribution in [3.8, 4) is 0 Å². The van der Waals surface area contributed by atoms with Crippen molar-refractivity contribution in [1.29, 1.82) is 0 Å². The number of rotatable bonds is 6. The number of halogens is 1. The summed E-state index contributed by atoms with van der Waals surface area (Å²) in [6.45, 7) is 3.81. The Kier molecular flexibility index (Phi) is 6.25. The van der Waals surface area contributed by atoms with Gasteiger partial charge in [0.2, 0.25) is 5.91 Å². The highest BCUT2D eigenvalue weighted by Gasteiger charge is 2.19. The highest BCUT2D eigenvalue weighted by Crippen LogP contribution is 2.16. The van der Waals surface area contributed by atoms with Crippen molar-refractivity contribution in [3.05, 3.63) is 40.9 Å². The van der Waals surface area contributed by atoms with E-state index in [1.54, 1.807) is 24.3 Å². The molecular formula is C15H18ClNO3. The zero-order valence-corrected chi connectivity index (χ0v) is 12.2. The quantitative estimate of drug-likeness (QED) is 0.793. The largest absolute Gasteiger partial charge is 0.480 e. The summed E-state index contributed by atoms with van der Waals surface area (Å²) in [6, 6.07) is 6.22. The molecule has 0 fully saturated rings. The molecular weight excluding hydrogens is 278 g/mol. The highest BCUT2D eigenvalue weighted by molar-refractivity contribution is 6.32. The number of hydrogen-bond acceptors (Lipinski definition) is 2. The fourth-order valence-corrected chi connectivity index (χ4v) is 1.89. The fourth-order valence-electron chi connectivity index (χ4n) is 1.69. The zero-order valence-electron chi connectivity index (χ0n) is 11.5. The Morgan fingerprint density at radius 1 is 1.35 bits per heavy atom. The Hall–Kier alpha value is -1.81. The molecule has 0 saturated heterocycles. The van der Waals surface area contributed by atoms with Crippen molar-refractivity contribution >= 4 is 29.6 Å². The molecule has 0 saturated carbocycles. The van der Waals surface area contributed by atoms with Crippen LogP contribution in [0.3, 0.4) is 0 Å². The van der Waals surface area contributed by atoms with E-state index < -0.39 is 17.9 Å². The lowest BCUT2D eigenvalue weighted by Crippen LogP contribution is -2.40. The van der Waals surface area contributed by atoms with Crippen LogP contribution in [-0.2, 0) is 9.59 Å². The van der Waals surface area contributed by atoms with Gasteiger partial charge in [0.1, 0.15) is 6.04 Å². The van der Waals surface area contributed by atoms with Gasteiger partial charge in [0.05, 0.1) is 0 Å². The summed E-state index contributed by atoms with van der Waals surface area (Å²) in [6.07, 6.45) is 3.24. The summed E-state index contributed by atoms with van der Waals surface area (Å²) >= 11 is 5.96. The first-order valence-corrected chi connectivity index (χ1v) is 6.74. The molecule has 2 N–H and O–H groups in total. The van der Waals surface area contributed by atoms with Crippen LogP contribution in [0.15, 0.2) is 30.3 Å². The van der Waals surface area contributed by atoms with E-state index in [0.29, 0.717) is 17.0 Å². The molecule has 1 atom stereocenters. The van der Waals surface area contributed by atoms with Gasteiger partial charge in [-0.2, -0.15) is 0 Å². The van der Waals surface area contributed by atoms with Crippen molar-refractivity contribution in [2.75, 3.05) is 0 Å². The minimum Gasteiger partial charge on any atom is -0.480 e. The van der Waals surface area contributed by atoms with Crippen LogP contribution in [0.2, 0.25) is 5.02 Å². The monoisotopic (exact) mass is 295 g/mol. The Morgan fingerprint density at radius 2 is 2.00 bits per heavy atom. The Labute approximate surface area is 123 Å². The molecule has 0 spiro atoms. The summed E-state index contributed by atoms with van der Waals surface area (Å²) in [7, 11) is 0. The van der Waals surface area contributed by atoms with Gasteiger partial charge in [0.25, 0.3) is 0 Å². The van der Waals surface area contributed by atoms with E-state index in [0.717, 1.165) is 0 Å². The lowest BCUT2D eigenvalue weighted by atomic mass is 10.0. The standard InChI is InChI=1S/C15H18ClNO3/c1-10(2)9-13(15(19)20)17-14(18)8-7-11-5-3-4-6-12(11)16/h3-8,10,13H,9H2,1-2H3,(H,17,18)(H,19,20)/b8-7+/t13-/m0/s1. The van der Waals surface area contributed by atoms with Gasteiger partial charge >= 0.3 is 5.97 Å². The maximum atomic E-state index is 11.7. The molecule has 0 heterocycles. The predicted octanol–water partition coefficient (Wildman–Crippen LogP) is 2.97. The van der Waals surface area contributed by atoms with Crippen LogP contribution in [0.1, 0.15) is 25.8 Å². The van der Waals surface area contributed by atoms with Crippen LogP contribution < -0.4 is 5.32 Å². The van der Waals surface area contributed by atoms with Gasteiger partial charge in [-0.1, -0.05) is 43.6 Å². The number of carboxylic acids is 1. The van der Waals surface area contributed by atoms with E-state index in [1.165, 1.54) is 6.08 Å². The number of nitrogens with one attached hydrogen (secondary N) is 1. The van der Waals surface area contributed by atoms with Crippen molar-refractivity contribution in [1.82, 2.24) is 5.32 Å². The van der Waals surface area contributed by atoms with E-state index in [9.17, 15) is 9.59 Å². The number of amides is 1. The van der Waals surface area contributed by atoms with Gasteiger partial charge in [-0.25, -0.2) is 4.79 Å². The number of carbonyl (C=O) groups excluding carboxylic acids is 1. The molecule has 0 aliphatic carbocycles. The molecule has 5 heteroatoms. The molecule has 1 amide bonds. The van der Waals surface area contributed by atoms with E-state index in [1.807, 2.05) is 19.9 Å². The average Bonchev–Trinajstić information content (AvgIpc) is 2.36. The Balaban J connectivity index is 2.66. The van der Waals surface area contributed by atoms with Crippen molar-refractivity contribution in [2.45, 2.75) is 26.3 Å². The van der Waals surface area contributed by atoms with Crippen LogP contribution in [0.4, 0.5) is 0 Å². The lowest BCUT2D eigenvalue weighted by Gasteiger charge is -2.15. The zero-order chi connectivity index (χ0) is 15.1. The molecule has 0 aliphatic rings. The molecule has 0 aliphatic heterocycles. The number of hydrogen-bond donors (Lipinski definition) is 2. The molecule has 4 nitrogen and oxygen atoms in total. The molecule has 108 valence electrons. The van der Waals surface area contributed by atoms with Gasteiger partial charge in [0, 0.05) is 11.1 Å². The fraction of sp³-hybridized carbons (Fsp3) is 0.333. The molecule has 0 aromatic heterocycles. The van der Waals surface area contributed by atoms with E-state index in [4.69, 9.17) is 16.7 Å². The first kappa shape index (κ1) is 16.2. The van der Waals surface area contributed by atoms with Crippen molar-refractivity contribution in [3.63, 3.8) is 0 Å². The molecule has 1 aromatic carbocycles. The minimum atomic E-state index is -1.03. The Bertz CT molecular complexity index is 512. The maximum absolute atomic E-state index is 11.7. The summed E-state index contributed by atoms with van der Waals surface area (Å²) in [5, 5.41) is 12.0. The maximum Gasteiger partial charge on any atom is 0.326 e. The number of carbonyl (C=O) groups is 2. The third-order valence-corrected chi connectivity index (χ3v) is 2.99. The van der Waals surface area contributed by atoms with Crippen LogP contribution in [0.25, 0.3) is 6.08 Å². The number of benzene rings is 1. The van der Waals surface area contributed by atoms with E-state index in [-0.39, 0.29) is 5.92 Å². The third-order valence-electron chi connectivity index (χ3n) is 2.64. The van der Waals surface area contributed by atoms with Gasteiger partial charge in [-0.15, -0.1) is 0 Å². The molecule has 1 aromatic rings. The summed E-state index contributed by atoms with van der Waals surface area (Å²) < 4.78 is 0. The van der Waals surface area contributed by atoms with Gasteiger partial charge in [0.15, 0.2) is 0 Å². The van der Waals surface area contributed by atoms with E-state index >= 15 is 0 Å². The topological polar surface area (TPSA) is 66.4 Å². The van der Waals surface area contributed by atoms with Crippen molar-refractivity contribution in [2.24, 2.45) is 5.92 Å². The number of carboxylic acid groups (broad SMARTS) is 1. The number of aliphatic carboxylic acids is 1. The van der Waals surface area contributed by atoms with Crippen LogP contribution in [-0.4, -0.2) is 23.0 Å². The third kappa shape index (κ3) is 5.45. The van der Waals surface area contributed by atoms with Crippen LogP contribution in [0.5, 0.6) is 0 Å². The second-order valence-electron chi connectivity index (χ2n) is 4.88. The molecule has 20 heavy (non-hydrogen) atoms. The normalized spacial score (nSPS) is 12.6. The van der Waals surface area contributed by atoms with Gasteiger partial charge < -0.3 is 10.4 Å². The minimum absolute atomic E-state index is 0.184. The summed E-state index contributed by atoms with van der Waals surface area (Å²) in [4.78, 5) is 22.8. The smallest absolute Gasteiger partial charge is 0.326 e. The highest BCUT2D eigenvalue weighted by atomic mass is 35.5. The SMILES string of the molecule is CC(C)C[C@H](NC(=O)/C=C/c1ccccc1Cl)C(=O)O. The first-order valence-electron chi connectivity index (χ1n) is 6.36. The second kappa shape index (κ2) is 7.70. The predicted molar refractivity (Wildman–Crippen MR) is 79.5 cm³/mol. The summed E-state index contributed by atoms with van der Waals surface area (Å²) in [5.74, 6) is -1.29.